The van der Waals surface area contributed by atoms with Gasteiger partial charge in [0.15, 0.2) is 5.75 Å². The summed E-state index contributed by atoms with van der Waals surface area (Å²) in [5.41, 5.74) is 1.98. The Balaban J connectivity index is 0.000000762. The Kier molecular flexibility index (Phi) is 13.3. The van der Waals surface area contributed by atoms with E-state index in [2.05, 4.69) is 24.1 Å². The summed E-state index contributed by atoms with van der Waals surface area (Å²) in [7, 11) is 3.94. The zero-order valence-electron chi connectivity index (χ0n) is 20.6. The lowest BCUT2D eigenvalue weighted by Gasteiger charge is -2.14. The molecule has 0 aromatic heterocycles. The predicted molar refractivity (Wildman–Crippen MR) is 138 cm³/mol. The van der Waals surface area contributed by atoms with Crippen LogP contribution in [-0.2, 0) is 11.2 Å². The number of nitriles is 1. The third-order valence-electron chi connectivity index (χ3n) is 4.89. The minimum atomic E-state index is -0.846. The fourth-order valence-corrected chi connectivity index (χ4v) is 3.11. The highest BCUT2D eigenvalue weighted by molar-refractivity contribution is 5.70. The van der Waals surface area contributed by atoms with Crippen LogP contribution in [0.25, 0.3) is 0 Å². The molecule has 1 atom stereocenters. The number of hydrogen-bond donors (Lipinski definition) is 4. The fraction of sp³-hybridized carbons (Fsp3) is 0.333. The second kappa shape index (κ2) is 15.9. The van der Waals surface area contributed by atoms with Gasteiger partial charge in [-0.3, -0.25) is 4.79 Å². The molecule has 0 saturated heterocycles. The quantitative estimate of drug-likeness (QED) is 0.201. The average Bonchev–Trinajstić information content (AvgIpc) is 2.81. The van der Waals surface area contributed by atoms with E-state index in [-0.39, 0.29) is 29.3 Å². The first-order valence-electron chi connectivity index (χ1n) is 11.3. The number of benzene rings is 2. The summed E-state index contributed by atoms with van der Waals surface area (Å²) < 4.78 is 13.4. The Labute approximate surface area is 207 Å². The number of halogens is 1. The van der Waals surface area contributed by atoms with E-state index >= 15 is 0 Å². The summed E-state index contributed by atoms with van der Waals surface area (Å²) in [6, 6.07) is 11.5. The molecule has 8 heteroatoms. The zero-order chi connectivity index (χ0) is 26.2. The highest BCUT2D eigenvalue weighted by atomic mass is 19.1. The van der Waals surface area contributed by atoms with Gasteiger partial charge in [0.2, 0.25) is 0 Å². The van der Waals surface area contributed by atoms with Crippen LogP contribution in [0.5, 0.6) is 5.75 Å². The second-order valence-electron chi connectivity index (χ2n) is 8.20. The number of phenols is 1. The van der Waals surface area contributed by atoms with Gasteiger partial charge in [0.25, 0.3) is 0 Å². The Hall–Kier alpha value is -3.83. The summed E-state index contributed by atoms with van der Waals surface area (Å²) in [5, 5.41) is 33.9. The molecule has 0 aliphatic rings. The van der Waals surface area contributed by atoms with Gasteiger partial charge >= 0.3 is 5.97 Å². The van der Waals surface area contributed by atoms with E-state index in [1.807, 2.05) is 55.5 Å². The van der Waals surface area contributed by atoms with Gasteiger partial charge in [-0.1, -0.05) is 43.8 Å². The van der Waals surface area contributed by atoms with Crippen LogP contribution in [-0.4, -0.2) is 54.8 Å². The predicted octanol–water partition coefficient (Wildman–Crippen LogP) is 4.47. The lowest BCUT2D eigenvalue weighted by atomic mass is 9.98. The SMILES string of the molecule is C=C/C=C\N(C)C.CC(CNCCCNc1cc(F)cc(C#N)c1O)c1cccc(CC(=O)O)c1. The smallest absolute Gasteiger partial charge is 0.307 e. The van der Waals surface area contributed by atoms with Crippen molar-refractivity contribution >= 4 is 11.7 Å². The van der Waals surface area contributed by atoms with Crippen LogP contribution in [0.4, 0.5) is 10.1 Å². The number of anilines is 1. The van der Waals surface area contributed by atoms with Crippen molar-refractivity contribution in [1.82, 2.24) is 10.2 Å². The maximum atomic E-state index is 13.4. The van der Waals surface area contributed by atoms with Crippen LogP contribution in [0.3, 0.4) is 0 Å². The standard InChI is InChI=1S/C21H24FN3O3.C6H11N/c1-14(16-5-2-4-15(8-16)9-20(26)27)13-24-6-3-7-25-19-11-18(22)10-17(12-23)21(19)28;1-4-5-6-7(2)3/h2,4-5,8,10-11,14,24-25,28H,3,6-7,9,13H2,1H3,(H,26,27);4-6H,1H2,2-3H3/b;6-5-. The van der Waals surface area contributed by atoms with Gasteiger partial charge in [-0.2, -0.15) is 5.26 Å². The number of nitrogens with one attached hydrogen (secondary N) is 2. The minimum Gasteiger partial charge on any atom is -0.504 e. The molecule has 0 aliphatic heterocycles. The zero-order valence-corrected chi connectivity index (χ0v) is 20.6. The van der Waals surface area contributed by atoms with Crippen LogP contribution in [0.2, 0.25) is 0 Å². The highest BCUT2D eigenvalue weighted by Crippen LogP contribution is 2.28. The van der Waals surface area contributed by atoms with Gasteiger partial charge in [-0.05, 0) is 48.4 Å². The van der Waals surface area contributed by atoms with E-state index < -0.39 is 11.8 Å². The molecule has 0 aliphatic carbocycles. The molecular weight excluding hydrogens is 447 g/mol. The van der Waals surface area contributed by atoms with Crippen molar-refractivity contribution in [3.05, 3.63) is 83.8 Å². The van der Waals surface area contributed by atoms with Crippen LogP contribution in [0.1, 0.15) is 36.0 Å². The van der Waals surface area contributed by atoms with Crippen molar-refractivity contribution in [2.24, 2.45) is 0 Å². The van der Waals surface area contributed by atoms with E-state index in [0.29, 0.717) is 13.1 Å². The number of nitrogens with zero attached hydrogens (tertiary/aromatic N) is 2. The van der Waals surface area contributed by atoms with Crippen molar-refractivity contribution in [2.45, 2.75) is 25.7 Å². The van der Waals surface area contributed by atoms with Crippen LogP contribution < -0.4 is 10.6 Å². The molecule has 0 heterocycles. The topological polar surface area (TPSA) is 109 Å². The molecule has 0 radical (unpaired) electrons. The summed E-state index contributed by atoms with van der Waals surface area (Å²) in [4.78, 5) is 12.8. The average molecular weight is 483 g/mol. The van der Waals surface area contributed by atoms with Crippen molar-refractivity contribution in [3.8, 4) is 11.8 Å². The molecule has 35 heavy (non-hydrogen) atoms. The molecule has 2 aromatic carbocycles. The molecule has 1 unspecified atom stereocenters. The molecule has 0 fully saturated rings. The normalized spacial score (nSPS) is 11.2. The number of carboxylic acid groups (broad SMARTS) is 1. The van der Waals surface area contributed by atoms with E-state index in [4.69, 9.17) is 10.4 Å². The molecular formula is C27H35FN4O3. The largest absolute Gasteiger partial charge is 0.504 e. The lowest BCUT2D eigenvalue weighted by molar-refractivity contribution is -0.136. The maximum absolute atomic E-state index is 13.4. The van der Waals surface area contributed by atoms with E-state index in [9.17, 15) is 14.3 Å². The minimum absolute atomic E-state index is 0.0140. The first-order chi connectivity index (χ1) is 16.7. The van der Waals surface area contributed by atoms with Crippen LogP contribution in [0, 0.1) is 17.1 Å². The van der Waals surface area contributed by atoms with Gasteiger partial charge in [0.05, 0.1) is 17.7 Å². The molecule has 0 amide bonds. The second-order valence-corrected chi connectivity index (χ2v) is 8.20. The molecule has 4 N–H and O–H groups in total. The monoisotopic (exact) mass is 482 g/mol. The molecule has 188 valence electrons. The lowest BCUT2D eigenvalue weighted by Crippen LogP contribution is -2.23. The maximum Gasteiger partial charge on any atom is 0.307 e. The number of allylic oxidation sites excluding steroid dienone is 2. The number of hydrogen-bond acceptors (Lipinski definition) is 6. The van der Waals surface area contributed by atoms with Crippen molar-refractivity contribution in [3.63, 3.8) is 0 Å². The number of carbonyl (C=O) groups is 1. The summed E-state index contributed by atoms with van der Waals surface area (Å²) >= 11 is 0. The molecule has 2 aromatic rings. The number of aliphatic carboxylic acids is 1. The first kappa shape index (κ1) is 29.2. The van der Waals surface area contributed by atoms with Crippen LogP contribution in [0.15, 0.2) is 61.3 Å². The Morgan fingerprint density at radius 3 is 2.63 bits per heavy atom. The Morgan fingerprint density at radius 1 is 1.29 bits per heavy atom. The van der Waals surface area contributed by atoms with Crippen molar-refractivity contribution in [1.29, 1.82) is 5.26 Å². The first-order valence-corrected chi connectivity index (χ1v) is 11.3. The number of carboxylic acids is 1. The highest BCUT2D eigenvalue weighted by Gasteiger charge is 2.10. The Morgan fingerprint density at radius 2 is 2.03 bits per heavy atom. The fourth-order valence-electron chi connectivity index (χ4n) is 3.11. The summed E-state index contributed by atoms with van der Waals surface area (Å²) in [5.74, 6) is -1.44. The molecule has 2 rings (SSSR count). The van der Waals surface area contributed by atoms with Gasteiger partial charge in [-0.15, -0.1) is 0 Å². The molecule has 0 saturated carbocycles. The van der Waals surface area contributed by atoms with Gasteiger partial charge in [0, 0.05) is 33.3 Å². The summed E-state index contributed by atoms with van der Waals surface area (Å²) in [6.45, 7) is 7.55. The number of aromatic hydroxyl groups is 1. The number of phenolic OH excluding ortho intramolecular Hbond substituents is 1. The summed E-state index contributed by atoms with van der Waals surface area (Å²) in [6.07, 6.45) is 6.33. The van der Waals surface area contributed by atoms with Gasteiger partial charge < -0.3 is 25.7 Å². The van der Waals surface area contributed by atoms with Gasteiger partial charge in [0.1, 0.15) is 11.9 Å². The Bertz CT molecular complexity index is 1030. The van der Waals surface area contributed by atoms with Crippen LogP contribution >= 0.6 is 0 Å². The molecule has 7 nitrogen and oxygen atoms in total. The van der Waals surface area contributed by atoms with Crippen molar-refractivity contribution < 1.29 is 19.4 Å². The van der Waals surface area contributed by atoms with Gasteiger partial charge in [-0.25, -0.2) is 4.39 Å². The molecule has 0 bridgehead atoms. The van der Waals surface area contributed by atoms with E-state index in [0.717, 1.165) is 36.2 Å². The third-order valence-corrected chi connectivity index (χ3v) is 4.89. The third kappa shape index (κ3) is 11.7. The van der Waals surface area contributed by atoms with E-state index in [1.165, 1.54) is 0 Å². The number of rotatable bonds is 12. The van der Waals surface area contributed by atoms with E-state index in [1.54, 1.807) is 12.1 Å². The molecule has 0 spiro atoms. The van der Waals surface area contributed by atoms with Crippen molar-refractivity contribution in [2.75, 3.05) is 39.0 Å².